The molecule has 1 heterocycles. The third-order valence-corrected chi connectivity index (χ3v) is 3.55. The van der Waals surface area contributed by atoms with Crippen molar-refractivity contribution in [2.45, 2.75) is 13.8 Å². The van der Waals surface area contributed by atoms with Gasteiger partial charge in [-0.05, 0) is 49.2 Å². The first-order chi connectivity index (χ1) is 9.13. The Morgan fingerprint density at radius 2 is 1.63 bits per heavy atom. The van der Waals surface area contributed by atoms with Gasteiger partial charge in [0.05, 0.1) is 11.2 Å². The molecule has 0 N–H and O–H groups in total. The smallest absolute Gasteiger partial charge is 0.0714 e. The summed E-state index contributed by atoms with van der Waals surface area (Å²) in [6.07, 6.45) is 0. The van der Waals surface area contributed by atoms with E-state index in [9.17, 15) is 0 Å². The van der Waals surface area contributed by atoms with Crippen LogP contribution < -0.4 is 0 Å². The van der Waals surface area contributed by atoms with E-state index in [0.29, 0.717) is 0 Å². The fourth-order valence-electron chi connectivity index (χ4n) is 2.38. The molecule has 0 aliphatic carbocycles. The van der Waals surface area contributed by atoms with Crippen molar-refractivity contribution in [3.63, 3.8) is 0 Å². The molecule has 0 amide bonds. The Hall–Kier alpha value is -1.86. The molecule has 2 heteroatoms. The molecule has 3 rings (SSSR count). The standard InChI is InChI=1S/C17H14ClN/c1-11-9-12(2)15-7-8-16(19-17(15)10-11)13-3-5-14(18)6-4-13/h3-10H,1-2H3. The Morgan fingerprint density at radius 1 is 0.895 bits per heavy atom. The minimum Gasteiger partial charge on any atom is -0.248 e. The molecule has 0 aliphatic rings. The van der Waals surface area contributed by atoms with E-state index in [-0.39, 0.29) is 0 Å². The first-order valence-corrected chi connectivity index (χ1v) is 6.65. The lowest BCUT2D eigenvalue weighted by Crippen LogP contribution is -1.88. The second-order valence-electron chi connectivity index (χ2n) is 4.85. The number of aromatic nitrogens is 1. The minimum atomic E-state index is 0.747. The molecule has 0 radical (unpaired) electrons. The fourth-order valence-corrected chi connectivity index (χ4v) is 2.50. The topological polar surface area (TPSA) is 12.9 Å². The lowest BCUT2D eigenvalue weighted by molar-refractivity contribution is 1.35. The molecule has 94 valence electrons. The summed E-state index contributed by atoms with van der Waals surface area (Å²) >= 11 is 5.92. The molecule has 1 aromatic heterocycles. The molecule has 19 heavy (non-hydrogen) atoms. The van der Waals surface area contributed by atoms with Crippen LogP contribution in [0.25, 0.3) is 22.2 Å². The number of benzene rings is 2. The van der Waals surface area contributed by atoms with Crippen LogP contribution in [0.15, 0.2) is 48.5 Å². The van der Waals surface area contributed by atoms with Crippen LogP contribution in [0.2, 0.25) is 5.02 Å². The van der Waals surface area contributed by atoms with Crippen molar-refractivity contribution >= 4 is 22.5 Å². The fraction of sp³-hybridized carbons (Fsp3) is 0.118. The van der Waals surface area contributed by atoms with Gasteiger partial charge < -0.3 is 0 Å². The normalized spacial score (nSPS) is 10.9. The molecular weight excluding hydrogens is 254 g/mol. The average molecular weight is 268 g/mol. The summed E-state index contributed by atoms with van der Waals surface area (Å²) in [7, 11) is 0. The number of nitrogens with zero attached hydrogens (tertiary/aromatic N) is 1. The third-order valence-electron chi connectivity index (χ3n) is 3.30. The van der Waals surface area contributed by atoms with Crippen LogP contribution in [-0.4, -0.2) is 4.98 Å². The lowest BCUT2D eigenvalue weighted by atomic mass is 10.0. The van der Waals surface area contributed by atoms with Gasteiger partial charge in [-0.1, -0.05) is 35.9 Å². The largest absolute Gasteiger partial charge is 0.248 e. The van der Waals surface area contributed by atoms with Gasteiger partial charge in [-0.15, -0.1) is 0 Å². The van der Waals surface area contributed by atoms with Crippen LogP contribution >= 0.6 is 11.6 Å². The van der Waals surface area contributed by atoms with Gasteiger partial charge in [-0.3, -0.25) is 0 Å². The molecule has 0 fully saturated rings. The Kier molecular flexibility index (Phi) is 3.00. The van der Waals surface area contributed by atoms with Gasteiger partial charge in [0, 0.05) is 16.0 Å². The van der Waals surface area contributed by atoms with Gasteiger partial charge in [-0.2, -0.15) is 0 Å². The zero-order valence-electron chi connectivity index (χ0n) is 10.9. The second-order valence-corrected chi connectivity index (χ2v) is 5.29. The predicted octanol–water partition coefficient (Wildman–Crippen LogP) is 5.17. The van der Waals surface area contributed by atoms with E-state index < -0.39 is 0 Å². The summed E-state index contributed by atoms with van der Waals surface area (Å²) in [5.41, 5.74) is 5.63. The lowest BCUT2D eigenvalue weighted by Gasteiger charge is -2.07. The summed E-state index contributed by atoms with van der Waals surface area (Å²) in [6.45, 7) is 4.22. The van der Waals surface area contributed by atoms with E-state index in [1.165, 1.54) is 16.5 Å². The van der Waals surface area contributed by atoms with Crippen LogP contribution in [0, 0.1) is 13.8 Å². The average Bonchev–Trinajstić information content (AvgIpc) is 2.38. The highest BCUT2D eigenvalue weighted by Crippen LogP contribution is 2.25. The molecule has 0 aliphatic heterocycles. The second kappa shape index (κ2) is 4.67. The Bertz CT molecular complexity index is 745. The molecule has 0 unspecified atom stereocenters. The zero-order valence-corrected chi connectivity index (χ0v) is 11.7. The number of halogens is 1. The summed E-state index contributed by atoms with van der Waals surface area (Å²) in [6, 6.07) is 16.3. The van der Waals surface area contributed by atoms with E-state index in [4.69, 9.17) is 16.6 Å². The van der Waals surface area contributed by atoms with Crippen molar-refractivity contribution in [2.75, 3.05) is 0 Å². The van der Waals surface area contributed by atoms with Crippen molar-refractivity contribution in [2.24, 2.45) is 0 Å². The molecule has 0 bridgehead atoms. The molecule has 3 aromatic rings. The monoisotopic (exact) mass is 267 g/mol. The van der Waals surface area contributed by atoms with Crippen molar-refractivity contribution in [3.05, 3.63) is 64.7 Å². The zero-order chi connectivity index (χ0) is 13.4. The minimum absolute atomic E-state index is 0.747. The van der Waals surface area contributed by atoms with Gasteiger partial charge in [0.1, 0.15) is 0 Å². The number of aryl methyl sites for hydroxylation is 2. The van der Waals surface area contributed by atoms with E-state index in [1.807, 2.05) is 24.3 Å². The van der Waals surface area contributed by atoms with Crippen LogP contribution in [-0.2, 0) is 0 Å². The van der Waals surface area contributed by atoms with Gasteiger partial charge in [0.2, 0.25) is 0 Å². The van der Waals surface area contributed by atoms with Gasteiger partial charge >= 0.3 is 0 Å². The van der Waals surface area contributed by atoms with Crippen molar-refractivity contribution < 1.29 is 0 Å². The Balaban J connectivity index is 2.18. The Morgan fingerprint density at radius 3 is 2.37 bits per heavy atom. The quantitative estimate of drug-likeness (QED) is 0.593. The number of fused-ring (bicyclic) bond motifs is 1. The summed E-state index contributed by atoms with van der Waals surface area (Å²) < 4.78 is 0. The molecule has 0 saturated carbocycles. The highest BCUT2D eigenvalue weighted by atomic mass is 35.5. The van der Waals surface area contributed by atoms with E-state index >= 15 is 0 Å². The van der Waals surface area contributed by atoms with Crippen LogP contribution in [0.1, 0.15) is 11.1 Å². The molecule has 2 aromatic carbocycles. The summed E-state index contributed by atoms with van der Waals surface area (Å²) in [5, 5.41) is 1.96. The molecule has 0 saturated heterocycles. The first kappa shape index (κ1) is 12.2. The van der Waals surface area contributed by atoms with Crippen molar-refractivity contribution in [1.82, 2.24) is 4.98 Å². The molecule has 0 spiro atoms. The Labute approximate surface area is 117 Å². The van der Waals surface area contributed by atoms with E-state index in [0.717, 1.165) is 21.8 Å². The predicted molar refractivity (Wildman–Crippen MR) is 81.7 cm³/mol. The van der Waals surface area contributed by atoms with E-state index in [1.54, 1.807) is 0 Å². The number of hydrogen-bond donors (Lipinski definition) is 0. The van der Waals surface area contributed by atoms with Crippen molar-refractivity contribution in [1.29, 1.82) is 0 Å². The van der Waals surface area contributed by atoms with Crippen LogP contribution in [0.3, 0.4) is 0 Å². The summed E-state index contributed by atoms with van der Waals surface area (Å²) in [5.74, 6) is 0. The van der Waals surface area contributed by atoms with Crippen LogP contribution in [0.4, 0.5) is 0 Å². The maximum Gasteiger partial charge on any atom is 0.0714 e. The maximum atomic E-state index is 5.92. The number of rotatable bonds is 1. The highest BCUT2D eigenvalue weighted by Gasteiger charge is 2.04. The summed E-state index contributed by atoms with van der Waals surface area (Å²) in [4.78, 5) is 4.75. The maximum absolute atomic E-state index is 5.92. The number of hydrogen-bond acceptors (Lipinski definition) is 1. The van der Waals surface area contributed by atoms with Gasteiger partial charge in [0.15, 0.2) is 0 Å². The SMILES string of the molecule is Cc1cc(C)c2ccc(-c3ccc(Cl)cc3)nc2c1. The molecule has 0 atom stereocenters. The number of pyridine rings is 1. The van der Waals surface area contributed by atoms with Gasteiger partial charge in [0.25, 0.3) is 0 Å². The van der Waals surface area contributed by atoms with Crippen molar-refractivity contribution in [3.8, 4) is 11.3 Å². The van der Waals surface area contributed by atoms with Crippen LogP contribution in [0.5, 0.6) is 0 Å². The first-order valence-electron chi connectivity index (χ1n) is 6.27. The van der Waals surface area contributed by atoms with E-state index in [2.05, 4.69) is 38.1 Å². The van der Waals surface area contributed by atoms with Gasteiger partial charge in [-0.25, -0.2) is 4.98 Å². The molecule has 1 nitrogen and oxygen atoms in total. The highest BCUT2D eigenvalue weighted by molar-refractivity contribution is 6.30. The molecular formula is C17H14ClN. The third kappa shape index (κ3) is 2.34.